The number of carbonyl (C=O) groups is 4. The molecule has 8 nitrogen and oxygen atoms in total. The SMILES string of the molecule is CCCC(C)C(=O)[C@H](CCCCNC(=O)C(F)(F)F)NC(=O)CNC(=O)CNC(C)C. The number of hydrogen-bond donors (Lipinski definition) is 4. The standard InChI is InChI=1S/C20H35F3N4O4/c1-5-8-14(4)18(30)15(9-6-7-10-24-19(31)20(21,22)23)27-17(29)12-26-16(28)11-25-13(2)3/h13-15,25H,5-12H2,1-4H3,(H,24,31)(H,26,28)(H,27,29)/t14?,15-/m0/s1. The Kier molecular flexibility index (Phi) is 13.7. The van der Waals surface area contributed by atoms with Gasteiger partial charge in [0.2, 0.25) is 11.8 Å². The number of halogens is 3. The number of Topliss-reactive ketones (excluding diaryl/α,β-unsaturated/α-hetero) is 1. The van der Waals surface area contributed by atoms with Gasteiger partial charge in [-0.05, 0) is 25.7 Å². The van der Waals surface area contributed by atoms with Crippen LogP contribution in [0.1, 0.15) is 59.8 Å². The zero-order chi connectivity index (χ0) is 24.0. The maximum absolute atomic E-state index is 12.7. The summed E-state index contributed by atoms with van der Waals surface area (Å²) in [6.07, 6.45) is -2.72. The van der Waals surface area contributed by atoms with Crippen LogP contribution in [0.3, 0.4) is 0 Å². The summed E-state index contributed by atoms with van der Waals surface area (Å²) in [6.45, 7) is 7.03. The van der Waals surface area contributed by atoms with Gasteiger partial charge in [0, 0.05) is 18.5 Å². The minimum atomic E-state index is -4.93. The molecule has 0 rings (SSSR count). The van der Waals surface area contributed by atoms with Gasteiger partial charge in [0.15, 0.2) is 5.78 Å². The van der Waals surface area contributed by atoms with E-state index in [9.17, 15) is 32.3 Å². The van der Waals surface area contributed by atoms with Gasteiger partial charge in [-0.15, -0.1) is 0 Å². The lowest BCUT2D eigenvalue weighted by molar-refractivity contribution is -0.173. The summed E-state index contributed by atoms with van der Waals surface area (Å²) in [4.78, 5) is 47.3. The van der Waals surface area contributed by atoms with Gasteiger partial charge in [0.25, 0.3) is 0 Å². The van der Waals surface area contributed by atoms with Gasteiger partial charge in [-0.3, -0.25) is 19.2 Å². The quantitative estimate of drug-likeness (QED) is 0.281. The molecule has 3 amide bonds. The Morgan fingerprint density at radius 2 is 1.52 bits per heavy atom. The summed E-state index contributed by atoms with van der Waals surface area (Å²) in [5.41, 5.74) is 0. The first kappa shape index (κ1) is 28.8. The first-order valence-electron chi connectivity index (χ1n) is 10.6. The summed E-state index contributed by atoms with van der Waals surface area (Å²) >= 11 is 0. The predicted octanol–water partition coefficient (Wildman–Crippen LogP) is 1.44. The van der Waals surface area contributed by atoms with Crippen molar-refractivity contribution in [3.8, 4) is 0 Å². The van der Waals surface area contributed by atoms with Crippen molar-refractivity contribution in [2.75, 3.05) is 19.6 Å². The Morgan fingerprint density at radius 1 is 0.871 bits per heavy atom. The van der Waals surface area contributed by atoms with Crippen molar-refractivity contribution >= 4 is 23.5 Å². The van der Waals surface area contributed by atoms with Crippen molar-refractivity contribution in [2.45, 2.75) is 78.1 Å². The van der Waals surface area contributed by atoms with Crippen LogP contribution in [0.15, 0.2) is 0 Å². The molecule has 0 aliphatic heterocycles. The monoisotopic (exact) mass is 452 g/mol. The normalized spacial score (nSPS) is 13.4. The maximum Gasteiger partial charge on any atom is 0.471 e. The molecule has 0 aromatic rings. The topological polar surface area (TPSA) is 116 Å². The smallest absolute Gasteiger partial charge is 0.348 e. The lowest BCUT2D eigenvalue weighted by atomic mass is 9.92. The zero-order valence-corrected chi connectivity index (χ0v) is 18.7. The Balaban J connectivity index is 4.63. The summed E-state index contributed by atoms with van der Waals surface area (Å²) in [5, 5.41) is 9.76. The van der Waals surface area contributed by atoms with Gasteiger partial charge < -0.3 is 21.3 Å². The van der Waals surface area contributed by atoms with E-state index < -0.39 is 24.0 Å². The Labute approximate surface area is 181 Å². The third kappa shape index (κ3) is 13.7. The van der Waals surface area contributed by atoms with E-state index in [4.69, 9.17) is 0 Å². The molecule has 4 N–H and O–H groups in total. The van der Waals surface area contributed by atoms with Crippen molar-refractivity contribution in [1.29, 1.82) is 0 Å². The van der Waals surface area contributed by atoms with E-state index in [2.05, 4.69) is 16.0 Å². The molecule has 180 valence electrons. The molecule has 0 aromatic carbocycles. The third-order valence-electron chi connectivity index (χ3n) is 4.47. The van der Waals surface area contributed by atoms with Gasteiger partial charge in [0.05, 0.1) is 19.1 Å². The van der Waals surface area contributed by atoms with Crippen molar-refractivity contribution < 1.29 is 32.3 Å². The van der Waals surface area contributed by atoms with Crippen molar-refractivity contribution in [3.05, 3.63) is 0 Å². The highest BCUT2D eigenvalue weighted by Gasteiger charge is 2.38. The van der Waals surface area contributed by atoms with Crippen LogP contribution in [0.4, 0.5) is 13.2 Å². The van der Waals surface area contributed by atoms with E-state index in [-0.39, 0.29) is 56.1 Å². The minimum Gasteiger partial charge on any atom is -0.348 e. The molecule has 0 aliphatic rings. The summed E-state index contributed by atoms with van der Waals surface area (Å²) in [7, 11) is 0. The summed E-state index contributed by atoms with van der Waals surface area (Å²) < 4.78 is 36.5. The molecule has 0 spiro atoms. The second-order valence-corrected chi connectivity index (χ2v) is 7.77. The Hall–Kier alpha value is -2.17. The predicted molar refractivity (Wildman–Crippen MR) is 110 cm³/mol. The van der Waals surface area contributed by atoms with E-state index in [1.165, 1.54) is 0 Å². The molecular weight excluding hydrogens is 417 g/mol. The highest BCUT2D eigenvalue weighted by molar-refractivity contribution is 5.92. The number of amides is 3. The molecule has 0 aromatic heterocycles. The first-order chi connectivity index (χ1) is 14.4. The second kappa shape index (κ2) is 14.8. The van der Waals surface area contributed by atoms with Gasteiger partial charge in [-0.2, -0.15) is 13.2 Å². The largest absolute Gasteiger partial charge is 0.471 e. The van der Waals surface area contributed by atoms with Crippen LogP contribution in [0, 0.1) is 5.92 Å². The number of rotatable bonds is 15. The minimum absolute atomic E-state index is 0.0600. The number of alkyl halides is 3. The fourth-order valence-electron chi connectivity index (χ4n) is 2.76. The van der Waals surface area contributed by atoms with E-state index in [0.29, 0.717) is 12.8 Å². The second-order valence-electron chi connectivity index (χ2n) is 7.77. The van der Waals surface area contributed by atoms with Crippen LogP contribution in [-0.4, -0.2) is 61.4 Å². The number of carbonyl (C=O) groups excluding carboxylic acids is 4. The van der Waals surface area contributed by atoms with E-state index in [0.717, 1.165) is 6.42 Å². The molecule has 0 saturated heterocycles. The van der Waals surface area contributed by atoms with E-state index in [1.807, 2.05) is 20.8 Å². The highest BCUT2D eigenvalue weighted by atomic mass is 19.4. The lowest BCUT2D eigenvalue weighted by Crippen LogP contribution is -2.48. The van der Waals surface area contributed by atoms with Crippen LogP contribution < -0.4 is 21.3 Å². The van der Waals surface area contributed by atoms with Gasteiger partial charge >= 0.3 is 12.1 Å². The molecule has 0 fully saturated rings. The van der Waals surface area contributed by atoms with Gasteiger partial charge in [-0.25, -0.2) is 0 Å². The molecule has 0 bridgehead atoms. The average Bonchev–Trinajstić information content (AvgIpc) is 2.68. The summed E-state index contributed by atoms with van der Waals surface area (Å²) in [5.74, 6) is -3.34. The van der Waals surface area contributed by atoms with E-state index >= 15 is 0 Å². The number of nitrogens with one attached hydrogen (secondary N) is 4. The molecule has 11 heteroatoms. The van der Waals surface area contributed by atoms with Gasteiger partial charge in [-0.1, -0.05) is 34.1 Å². The molecule has 0 saturated carbocycles. The number of unbranched alkanes of at least 4 members (excludes halogenated alkanes) is 1. The van der Waals surface area contributed by atoms with Crippen LogP contribution in [0.25, 0.3) is 0 Å². The Bertz CT molecular complexity index is 597. The fraction of sp³-hybridized carbons (Fsp3) is 0.800. The zero-order valence-electron chi connectivity index (χ0n) is 18.7. The van der Waals surface area contributed by atoms with Crippen LogP contribution in [0.2, 0.25) is 0 Å². The van der Waals surface area contributed by atoms with Crippen LogP contribution >= 0.6 is 0 Å². The molecular formula is C20H35F3N4O4. The fourth-order valence-corrected chi connectivity index (χ4v) is 2.76. The molecule has 31 heavy (non-hydrogen) atoms. The van der Waals surface area contributed by atoms with Crippen molar-refractivity contribution in [3.63, 3.8) is 0 Å². The summed E-state index contributed by atoms with van der Waals surface area (Å²) in [6, 6.07) is -0.694. The van der Waals surface area contributed by atoms with E-state index in [1.54, 1.807) is 12.2 Å². The third-order valence-corrected chi connectivity index (χ3v) is 4.47. The number of hydrogen-bond acceptors (Lipinski definition) is 5. The van der Waals surface area contributed by atoms with Crippen LogP contribution in [-0.2, 0) is 19.2 Å². The van der Waals surface area contributed by atoms with Crippen molar-refractivity contribution in [2.24, 2.45) is 5.92 Å². The number of ketones is 1. The average molecular weight is 453 g/mol. The molecule has 2 atom stereocenters. The molecule has 0 heterocycles. The first-order valence-corrected chi connectivity index (χ1v) is 10.6. The molecule has 0 aliphatic carbocycles. The molecule has 1 unspecified atom stereocenters. The van der Waals surface area contributed by atoms with Gasteiger partial charge in [0.1, 0.15) is 0 Å². The van der Waals surface area contributed by atoms with Crippen LogP contribution in [0.5, 0.6) is 0 Å². The molecule has 0 radical (unpaired) electrons. The highest BCUT2D eigenvalue weighted by Crippen LogP contribution is 2.15. The lowest BCUT2D eigenvalue weighted by Gasteiger charge is -2.21. The Morgan fingerprint density at radius 3 is 2.06 bits per heavy atom. The maximum atomic E-state index is 12.7. The van der Waals surface area contributed by atoms with Crippen molar-refractivity contribution in [1.82, 2.24) is 21.3 Å².